The third-order valence-electron chi connectivity index (χ3n) is 4.84. The minimum Gasteiger partial charge on any atom is -0.497 e. The zero-order chi connectivity index (χ0) is 20.0. The zero-order valence-electron chi connectivity index (χ0n) is 17.1. The second-order valence-electron chi connectivity index (χ2n) is 8.31. The minimum atomic E-state index is -0.265. The molecule has 150 valence electrons. The highest BCUT2D eigenvalue weighted by Crippen LogP contribution is 2.35. The molecule has 1 aliphatic rings. The van der Waals surface area contributed by atoms with E-state index in [0.717, 1.165) is 11.3 Å². The molecule has 1 N–H and O–H groups in total. The van der Waals surface area contributed by atoms with Crippen molar-refractivity contribution in [1.82, 2.24) is 10.2 Å². The van der Waals surface area contributed by atoms with Gasteiger partial charge in [-0.2, -0.15) is 0 Å². The average Bonchev–Trinajstić information content (AvgIpc) is 3.06. The van der Waals surface area contributed by atoms with Gasteiger partial charge < -0.3 is 19.7 Å². The van der Waals surface area contributed by atoms with Crippen molar-refractivity contribution in [3.63, 3.8) is 0 Å². The molecule has 1 fully saturated rings. The zero-order valence-corrected chi connectivity index (χ0v) is 17.1. The van der Waals surface area contributed by atoms with Crippen molar-refractivity contribution in [1.29, 1.82) is 0 Å². The van der Waals surface area contributed by atoms with Crippen LogP contribution in [0.3, 0.4) is 0 Å². The van der Waals surface area contributed by atoms with E-state index >= 15 is 0 Å². The van der Waals surface area contributed by atoms with Crippen molar-refractivity contribution < 1.29 is 19.1 Å². The molecular weight excluding hydrogens is 344 g/mol. The lowest BCUT2D eigenvalue weighted by molar-refractivity contribution is -0.132. The molecule has 0 unspecified atom stereocenters. The van der Waals surface area contributed by atoms with Gasteiger partial charge in [0.05, 0.1) is 19.6 Å². The van der Waals surface area contributed by atoms with Gasteiger partial charge in [-0.25, -0.2) is 0 Å². The molecule has 1 aliphatic heterocycles. The van der Waals surface area contributed by atoms with Crippen molar-refractivity contribution in [2.45, 2.75) is 33.1 Å². The predicted molar refractivity (Wildman–Crippen MR) is 105 cm³/mol. The van der Waals surface area contributed by atoms with Gasteiger partial charge in [-0.15, -0.1) is 0 Å². The minimum absolute atomic E-state index is 0.0256. The van der Waals surface area contributed by atoms with Gasteiger partial charge in [0.2, 0.25) is 11.8 Å². The lowest BCUT2D eigenvalue weighted by Crippen LogP contribution is -2.37. The normalized spacial score (nSPS) is 19.8. The largest absolute Gasteiger partial charge is 0.497 e. The van der Waals surface area contributed by atoms with Crippen LogP contribution in [-0.4, -0.2) is 57.2 Å². The first-order valence-corrected chi connectivity index (χ1v) is 9.43. The number of carbonyl (C=O) groups is 2. The maximum atomic E-state index is 12.8. The molecule has 6 nitrogen and oxygen atoms in total. The van der Waals surface area contributed by atoms with Gasteiger partial charge in [0.1, 0.15) is 5.75 Å². The molecule has 0 aromatic heterocycles. The average molecular weight is 376 g/mol. The van der Waals surface area contributed by atoms with Crippen LogP contribution in [-0.2, 0) is 14.3 Å². The van der Waals surface area contributed by atoms with Gasteiger partial charge in [-0.1, -0.05) is 32.9 Å². The molecule has 1 heterocycles. The lowest BCUT2D eigenvalue weighted by Gasteiger charge is -2.23. The molecule has 0 bridgehead atoms. The molecule has 2 amide bonds. The molecule has 6 heteroatoms. The first-order valence-electron chi connectivity index (χ1n) is 9.43. The lowest BCUT2D eigenvalue weighted by atomic mass is 9.88. The van der Waals surface area contributed by atoms with Crippen LogP contribution in [0.2, 0.25) is 0 Å². The van der Waals surface area contributed by atoms with Crippen molar-refractivity contribution in [2.24, 2.45) is 11.3 Å². The highest BCUT2D eigenvalue weighted by atomic mass is 16.5. The van der Waals surface area contributed by atoms with Crippen LogP contribution in [0.5, 0.6) is 5.75 Å². The number of amides is 2. The van der Waals surface area contributed by atoms with Gasteiger partial charge in [0.15, 0.2) is 0 Å². The molecule has 2 rings (SSSR count). The predicted octanol–water partition coefficient (Wildman–Crippen LogP) is 2.44. The van der Waals surface area contributed by atoms with E-state index in [2.05, 4.69) is 26.1 Å². The van der Waals surface area contributed by atoms with Crippen LogP contribution in [0, 0.1) is 11.3 Å². The highest BCUT2D eigenvalue weighted by molar-refractivity contribution is 5.83. The summed E-state index contributed by atoms with van der Waals surface area (Å²) in [5, 5.41) is 2.93. The SMILES string of the molecule is COCCNC(=O)[C@@H]1CN(C(=O)CC(C)(C)C)C[C@H]1c1ccc(OC)cc1. The Bertz CT molecular complexity index is 637. The molecule has 1 saturated heterocycles. The standard InChI is InChI=1S/C21H32N2O4/c1-21(2,3)12-19(24)23-13-17(15-6-8-16(27-5)9-7-15)18(14-23)20(25)22-10-11-26-4/h6-9,17-18H,10-14H2,1-5H3,(H,22,25)/t17-,18+/m0/s1. The van der Waals surface area contributed by atoms with Crippen LogP contribution in [0.4, 0.5) is 0 Å². The molecule has 0 spiro atoms. The highest BCUT2D eigenvalue weighted by Gasteiger charge is 2.40. The van der Waals surface area contributed by atoms with Crippen LogP contribution in [0.25, 0.3) is 0 Å². The molecule has 27 heavy (non-hydrogen) atoms. The summed E-state index contributed by atoms with van der Waals surface area (Å²) in [6.45, 7) is 8.11. The topological polar surface area (TPSA) is 67.9 Å². The van der Waals surface area contributed by atoms with Crippen LogP contribution >= 0.6 is 0 Å². The van der Waals surface area contributed by atoms with Gasteiger partial charge in [0, 0.05) is 39.1 Å². The molecule has 1 aromatic carbocycles. The number of ether oxygens (including phenoxy) is 2. The molecule has 0 saturated carbocycles. The quantitative estimate of drug-likeness (QED) is 0.742. The third-order valence-corrected chi connectivity index (χ3v) is 4.84. The number of nitrogens with one attached hydrogen (secondary N) is 1. The fraction of sp³-hybridized carbons (Fsp3) is 0.619. The Kier molecular flexibility index (Phi) is 7.25. The number of nitrogens with zero attached hydrogens (tertiary/aromatic N) is 1. The first kappa shape index (κ1) is 21.2. The van der Waals surface area contributed by atoms with Crippen LogP contribution < -0.4 is 10.1 Å². The number of carbonyl (C=O) groups excluding carboxylic acids is 2. The van der Waals surface area contributed by atoms with Gasteiger partial charge in [0.25, 0.3) is 0 Å². The Morgan fingerprint density at radius 2 is 1.81 bits per heavy atom. The number of hydrogen-bond acceptors (Lipinski definition) is 4. The monoisotopic (exact) mass is 376 g/mol. The van der Waals surface area contributed by atoms with E-state index in [1.807, 2.05) is 29.2 Å². The second kappa shape index (κ2) is 9.22. The van der Waals surface area contributed by atoms with Crippen molar-refractivity contribution in [2.75, 3.05) is 40.5 Å². The summed E-state index contributed by atoms with van der Waals surface area (Å²) in [5.74, 6) is 0.562. The first-order chi connectivity index (χ1) is 12.7. The Labute approximate surface area is 162 Å². The van der Waals surface area contributed by atoms with E-state index in [1.165, 1.54) is 0 Å². The van der Waals surface area contributed by atoms with E-state index in [1.54, 1.807) is 14.2 Å². The van der Waals surface area contributed by atoms with Crippen LogP contribution in [0.15, 0.2) is 24.3 Å². The number of rotatable bonds is 7. The summed E-state index contributed by atoms with van der Waals surface area (Å²) in [6.07, 6.45) is 0.473. The van der Waals surface area contributed by atoms with Crippen molar-refractivity contribution in [3.05, 3.63) is 29.8 Å². The maximum absolute atomic E-state index is 12.8. The fourth-order valence-corrected chi connectivity index (χ4v) is 3.43. The van der Waals surface area contributed by atoms with E-state index in [4.69, 9.17) is 9.47 Å². The summed E-state index contributed by atoms with van der Waals surface area (Å²) in [7, 11) is 3.23. The van der Waals surface area contributed by atoms with Crippen molar-refractivity contribution in [3.8, 4) is 5.75 Å². The smallest absolute Gasteiger partial charge is 0.225 e. The molecular formula is C21H32N2O4. The van der Waals surface area contributed by atoms with Gasteiger partial charge >= 0.3 is 0 Å². The summed E-state index contributed by atoms with van der Waals surface area (Å²) in [4.78, 5) is 27.3. The number of benzene rings is 1. The van der Waals surface area contributed by atoms with Crippen LogP contribution in [0.1, 0.15) is 38.7 Å². The fourth-order valence-electron chi connectivity index (χ4n) is 3.43. The summed E-state index contributed by atoms with van der Waals surface area (Å²) in [5.41, 5.74) is 0.972. The Morgan fingerprint density at radius 3 is 2.37 bits per heavy atom. The third kappa shape index (κ3) is 5.96. The molecule has 1 aromatic rings. The molecule has 0 radical (unpaired) electrons. The summed E-state index contributed by atoms with van der Waals surface area (Å²) < 4.78 is 10.2. The number of methoxy groups -OCH3 is 2. The van der Waals surface area contributed by atoms with E-state index < -0.39 is 0 Å². The maximum Gasteiger partial charge on any atom is 0.225 e. The van der Waals surface area contributed by atoms with Gasteiger partial charge in [-0.05, 0) is 23.1 Å². The Hall–Kier alpha value is -2.08. The number of likely N-dealkylation sites (tertiary alicyclic amines) is 1. The van der Waals surface area contributed by atoms with E-state index in [-0.39, 0.29) is 29.1 Å². The summed E-state index contributed by atoms with van der Waals surface area (Å²) in [6, 6.07) is 7.76. The van der Waals surface area contributed by atoms with Crippen molar-refractivity contribution >= 4 is 11.8 Å². The van der Waals surface area contributed by atoms with E-state index in [0.29, 0.717) is 32.7 Å². The number of hydrogen-bond donors (Lipinski definition) is 1. The molecule has 2 atom stereocenters. The van der Waals surface area contributed by atoms with E-state index in [9.17, 15) is 9.59 Å². The second-order valence-corrected chi connectivity index (χ2v) is 8.31. The molecule has 0 aliphatic carbocycles. The summed E-state index contributed by atoms with van der Waals surface area (Å²) >= 11 is 0. The Morgan fingerprint density at radius 1 is 1.15 bits per heavy atom. The van der Waals surface area contributed by atoms with Gasteiger partial charge in [-0.3, -0.25) is 9.59 Å². The Balaban J connectivity index is 2.17.